The van der Waals surface area contributed by atoms with Gasteiger partial charge in [0.2, 0.25) is 0 Å². The van der Waals surface area contributed by atoms with E-state index in [1.165, 1.54) is 15.6 Å². The molecular formula is C13H20BrN. The molecule has 0 saturated carbocycles. The van der Waals surface area contributed by atoms with Crippen LogP contribution in [-0.2, 0) is 6.42 Å². The van der Waals surface area contributed by atoms with E-state index >= 15 is 0 Å². The van der Waals surface area contributed by atoms with Crippen molar-refractivity contribution < 1.29 is 0 Å². The zero-order valence-electron chi connectivity index (χ0n) is 9.76. The van der Waals surface area contributed by atoms with Crippen LogP contribution in [0.15, 0.2) is 22.7 Å². The Kier molecular flexibility index (Phi) is 4.81. The summed E-state index contributed by atoms with van der Waals surface area (Å²) in [6, 6.07) is 6.84. The highest BCUT2D eigenvalue weighted by molar-refractivity contribution is 9.10. The third-order valence-electron chi connectivity index (χ3n) is 2.55. The summed E-state index contributed by atoms with van der Waals surface area (Å²) in [6.45, 7) is 6.44. The number of hydrogen-bond acceptors (Lipinski definition) is 1. The second-order valence-corrected chi connectivity index (χ2v) is 5.47. The fourth-order valence-corrected chi connectivity index (χ4v) is 2.57. The zero-order valence-corrected chi connectivity index (χ0v) is 11.3. The predicted molar refractivity (Wildman–Crippen MR) is 70.0 cm³/mol. The van der Waals surface area contributed by atoms with E-state index in [1.54, 1.807) is 0 Å². The Morgan fingerprint density at radius 3 is 2.53 bits per heavy atom. The minimum Gasteiger partial charge on any atom is -0.328 e. The van der Waals surface area contributed by atoms with Gasteiger partial charge in [0.1, 0.15) is 0 Å². The van der Waals surface area contributed by atoms with Crippen molar-refractivity contribution in [3.8, 4) is 0 Å². The maximum absolute atomic E-state index is 5.80. The molecule has 1 rings (SSSR count). The molecule has 2 atom stereocenters. The average molecular weight is 270 g/mol. The van der Waals surface area contributed by atoms with Gasteiger partial charge in [0.15, 0.2) is 0 Å². The van der Waals surface area contributed by atoms with Gasteiger partial charge in [0, 0.05) is 10.5 Å². The van der Waals surface area contributed by atoms with Crippen LogP contribution in [0, 0.1) is 12.8 Å². The Labute approximate surface area is 101 Å². The summed E-state index contributed by atoms with van der Waals surface area (Å²) in [4.78, 5) is 0. The molecule has 0 aliphatic heterocycles. The van der Waals surface area contributed by atoms with Crippen LogP contribution in [-0.4, -0.2) is 6.04 Å². The highest BCUT2D eigenvalue weighted by atomic mass is 79.9. The van der Waals surface area contributed by atoms with Gasteiger partial charge in [-0.15, -0.1) is 0 Å². The Morgan fingerprint density at radius 2 is 2.00 bits per heavy atom. The first-order chi connectivity index (χ1) is 6.99. The SMILES string of the molecule is Cc1ccc(CC(C)CC(C)N)c(Br)c1. The third kappa shape index (κ3) is 4.35. The Morgan fingerprint density at radius 1 is 1.33 bits per heavy atom. The number of halogens is 1. The molecule has 2 heteroatoms. The van der Waals surface area contributed by atoms with Crippen LogP contribution in [0.1, 0.15) is 31.4 Å². The molecular weight excluding hydrogens is 250 g/mol. The van der Waals surface area contributed by atoms with Gasteiger partial charge in [-0.1, -0.05) is 35.0 Å². The van der Waals surface area contributed by atoms with Crippen LogP contribution in [0.5, 0.6) is 0 Å². The van der Waals surface area contributed by atoms with Crippen LogP contribution in [0.25, 0.3) is 0 Å². The third-order valence-corrected chi connectivity index (χ3v) is 3.29. The highest BCUT2D eigenvalue weighted by Gasteiger charge is 2.08. The van der Waals surface area contributed by atoms with Gasteiger partial charge in [-0.2, -0.15) is 0 Å². The molecule has 0 spiro atoms. The summed E-state index contributed by atoms with van der Waals surface area (Å²) in [7, 11) is 0. The number of rotatable bonds is 4. The average Bonchev–Trinajstić information content (AvgIpc) is 2.08. The molecule has 0 bridgehead atoms. The number of aryl methyl sites for hydroxylation is 1. The van der Waals surface area contributed by atoms with E-state index < -0.39 is 0 Å². The molecule has 0 radical (unpaired) electrons. The minimum absolute atomic E-state index is 0.296. The molecule has 0 amide bonds. The Balaban J connectivity index is 2.64. The number of nitrogens with two attached hydrogens (primary N) is 1. The summed E-state index contributed by atoms with van der Waals surface area (Å²) in [5.74, 6) is 0.643. The van der Waals surface area contributed by atoms with Gasteiger partial charge in [0.25, 0.3) is 0 Å². The van der Waals surface area contributed by atoms with E-state index in [0.29, 0.717) is 12.0 Å². The first-order valence-corrected chi connectivity index (χ1v) is 6.29. The molecule has 1 aromatic carbocycles. The highest BCUT2D eigenvalue weighted by Crippen LogP contribution is 2.22. The molecule has 0 saturated heterocycles. The van der Waals surface area contributed by atoms with Gasteiger partial charge in [-0.25, -0.2) is 0 Å². The first kappa shape index (κ1) is 12.7. The van der Waals surface area contributed by atoms with Crippen LogP contribution in [0.3, 0.4) is 0 Å². The lowest BCUT2D eigenvalue weighted by molar-refractivity contribution is 0.479. The van der Waals surface area contributed by atoms with Gasteiger partial charge in [-0.3, -0.25) is 0 Å². The minimum atomic E-state index is 0.296. The molecule has 15 heavy (non-hydrogen) atoms. The van der Waals surface area contributed by atoms with Crippen molar-refractivity contribution in [2.75, 3.05) is 0 Å². The number of benzene rings is 1. The molecule has 1 aromatic rings. The van der Waals surface area contributed by atoms with Crippen molar-refractivity contribution in [1.29, 1.82) is 0 Å². The quantitative estimate of drug-likeness (QED) is 0.887. The summed E-state index contributed by atoms with van der Waals surface area (Å²) < 4.78 is 1.22. The van der Waals surface area contributed by atoms with Crippen molar-refractivity contribution in [3.05, 3.63) is 33.8 Å². The van der Waals surface area contributed by atoms with Gasteiger partial charge < -0.3 is 5.73 Å². The fraction of sp³-hybridized carbons (Fsp3) is 0.538. The van der Waals surface area contributed by atoms with Crippen LogP contribution < -0.4 is 5.73 Å². The van der Waals surface area contributed by atoms with E-state index in [9.17, 15) is 0 Å². The molecule has 2 unspecified atom stereocenters. The largest absolute Gasteiger partial charge is 0.328 e. The van der Waals surface area contributed by atoms with Crippen LogP contribution >= 0.6 is 15.9 Å². The smallest absolute Gasteiger partial charge is 0.0210 e. The molecule has 0 fully saturated rings. The van der Waals surface area contributed by atoms with E-state index in [-0.39, 0.29) is 0 Å². The molecule has 84 valence electrons. The fourth-order valence-electron chi connectivity index (χ4n) is 1.91. The lowest BCUT2D eigenvalue weighted by Gasteiger charge is -2.15. The molecule has 2 N–H and O–H groups in total. The van der Waals surface area contributed by atoms with Crippen LogP contribution in [0.4, 0.5) is 0 Å². The van der Waals surface area contributed by atoms with Crippen molar-refractivity contribution in [2.45, 2.75) is 39.7 Å². The van der Waals surface area contributed by atoms with Gasteiger partial charge in [0.05, 0.1) is 0 Å². The van der Waals surface area contributed by atoms with Gasteiger partial charge in [-0.05, 0) is 49.8 Å². The van der Waals surface area contributed by atoms with E-state index in [1.807, 2.05) is 0 Å². The monoisotopic (exact) mass is 269 g/mol. The molecule has 0 aliphatic rings. The summed E-state index contributed by atoms with van der Waals surface area (Å²) >= 11 is 3.61. The Hall–Kier alpha value is -0.340. The normalized spacial score (nSPS) is 15.0. The van der Waals surface area contributed by atoms with E-state index in [0.717, 1.165) is 12.8 Å². The summed E-state index contributed by atoms with van der Waals surface area (Å²) in [6.07, 6.45) is 2.18. The van der Waals surface area contributed by atoms with Crippen molar-refractivity contribution >= 4 is 15.9 Å². The van der Waals surface area contributed by atoms with Gasteiger partial charge >= 0.3 is 0 Å². The van der Waals surface area contributed by atoms with E-state index in [4.69, 9.17) is 5.73 Å². The second-order valence-electron chi connectivity index (χ2n) is 4.62. The van der Waals surface area contributed by atoms with E-state index in [2.05, 4.69) is 54.9 Å². The summed E-state index contributed by atoms with van der Waals surface area (Å²) in [5.41, 5.74) is 8.48. The first-order valence-electron chi connectivity index (χ1n) is 5.49. The lowest BCUT2D eigenvalue weighted by atomic mass is 9.95. The summed E-state index contributed by atoms with van der Waals surface area (Å²) in [5, 5.41) is 0. The topological polar surface area (TPSA) is 26.0 Å². The second kappa shape index (κ2) is 5.66. The maximum atomic E-state index is 5.80. The molecule has 0 heterocycles. The van der Waals surface area contributed by atoms with Crippen molar-refractivity contribution in [1.82, 2.24) is 0 Å². The number of hydrogen-bond donors (Lipinski definition) is 1. The molecule has 1 nitrogen and oxygen atoms in total. The Bertz CT molecular complexity index is 320. The van der Waals surface area contributed by atoms with Crippen molar-refractivity contribution in [3.63, 3.8) is 0 Å². The van der Waals surface area contributed by atoms with Crippen LogP contribution in [0.2, 0.25) is 0 Å². The maximum Gasteiger partial charge on any atom is 0.0210 e. The lowest BCUT2D eigenvalue weighted by Crippen LogP contribution is -2.19. The molecule has 0 aliphatic carbocycles. The van der Waals surface area contributed by atoms with Crippen molar-refractivity contribution in [2.24, 2.45) is 11.7 Å². The zero-order chi connectivity index (χ0) is 11.4. The standard InChI is InChI=1S/C13H20BrN/c1-9-4-5-12(13(14)8-9)7-10(2)6-11(3)15/h4-5,8,10-11H,6-7,15H2,1-3H3. The molecule has 0 aromatic heterocycles. The predicted octanol–water partition coefficient (Wildman–Crippen LogP) is 3.67.